The maximum Gasteiger partial charge on any atom is 0.416 e. The third-order valence-electron chi connectivity index (χ3n) is 2.01. The monoisotopic (exact) mass is 258 g/mol. The van der Waals surface area contributed by atoms with Crippen LogP contribution in [0.4, 0.5) is 13.2 Å². The Morgan fingerprint density at radius 2 is 1.56 bits per heavy atom. The molecular weight excluding hydrogens is 245 g/mol. The summed E-state index contributed by atoms with van der Waals surface area (Å²) in [6.07, 6.45) is -4.21. The summed E-state index contributed by atoms with van der Waals surface area (Å²) in [6.45, 7) is 5.30. The Bertz CT molecular complexity index is 472. The summed E-state index contributed by atoms with van der Waals surface area (Å²) in [6, 6.07) is 5.05. The largest absolute Gasteiger partial charge is 0.416 e. The molecule has 0 fully saturated rings. The molecule has 0 spiro atoms. The van der Waals surface area contributed by atoms with Gasteiger partial charge < -0.3 is 4.52 Å². The maximum atomic E-state index is 11.9. The van der Waals surface area contributed by atoms with Crippen molar-refractivity contribution in [2.24, 2.45) is 0 Å². The van der Waals surface area contributed by atoms with Gasteiger partial charge in [0.15, 0.2) is 5.82 Å². The van der Waals surface area contributed by atoms with Crippen LogP contribution in [0, 0.1) is 20.8 Å². The van der Waals surface area contributed by atoms with Crippen molar-refractivity contribution in [3.8, 4) is 0 Å². The molecule has 0 aliphatic carbocycles. The van der Waals surface area contributed by atoms with Crippen LogP contribution in [0.5, 0.6) is 0 Å². The molecule has 2 rings (SSSR count). The molecule has 98 valence electrons. The van der Waals surface area contributed by atoms with E-state index in [1.54, 1.807) is 20.8 Å². The van der Waals surface area contributed by atoms with Gasteiger partial charge in [-0.2, -0.15) is 18.2 Å². The predicted molar refractivity (Wildman–Crippen MR) is 60.0 cm³/mol. The smallest absolute Gasteiger partial charge is 0.340 e. The van der Waals surface area contributed by atoms with Crippen molar-refractivity contribution in [3.63, 3.8) is 0 Å². The first-order valence-corrected chi connectivity index (χ1v) is 5.20. The van der Waals surface area contributed by atoms with E-state index in [1.165, 1.54) is 12.1 Å². The molecule has 0 saturated heterocycles. The van der Waals surface area contributed by atoms with E-state index < -0.39 is 11.7 Å². The standard InChI is InChI=1S/C8H7F3.C4H6N2O/c1-6-2-4-7(5-3-6)8(9,10)11;1-3-5-4(2)7-6-3/h2-5H,1H3;1-2H3. The molecule has 3 nitrogen and oxygen atoms in total. The van der Waals surface area contributed by atoms with Crippen LogP contribution in [0.2, 0.25) is 0 Å². The average molecular weight is 258 g/mol. The van der Waals surface area contributed by atoms with E-state index in [-0.39, 0.29) is 0 Å². The summed E-state index contributed by atoms with van der Waals surface area (Å²) < 4.78 is 40.4. The van der Waals surface area contributed by atoms with E-state index in [4.69, 9.17) is 0 Å². The lowest BCUT2D eigenvalue weighted by atomic mass is 10.1. The Hall–Kier alpha value is -1.85. The molecule has 0 aliphatic rings. The minimum absolute atomic E-state index is 0.594. The molecule has 2 aromatic rings. The number of rotatable bonds is 0. The van der Waals surface area contributed by atoms with Crippen LogP contribution in [0.15, 0.2) is 28.8 Å². The van der Waals surface area contributed by atoms with Crippen molar-refractivity contribution in [2.75, 3.05) is 0 Å². The molecule has 18 heavy (non-hydrogen) atoms. The molecule has 0 aliphatic heterocycles. The van der Waals surface area contributed by atoms with Gasteiger partial charge in [0, 0.05) is 6.92 Å². The Morgan fingerprint density at radius 3 is 1.83 bits per heavy atom. The molecule has 0 radical (unpaired) electrons. The lowest BCUT2D eigenvalue weighted by molar-refractivity contribution is -0.137. The first-order chi connectivity index (χ1) is 8.29. The van der Waals surface area contributed by atoms with Gasteiger partial charge in [0.2, 0.25) is 5.89 Å². The minimum atomic E-state index is -4.21. The molecule has 0 N–H and O–H groups in total. The number of hydrogen-bond acceptors (Lipinski definition) is 3. The number of halogens is 3. The molecule has 1 heterocycles. The van der Waals surface area contributed by atoms with Gasteiger partial charge in [0.25, 0.3) is 0 Å². The van der Waals surface area contributed by atoms with Gasteiger partial charge in [-0.1, -0.05) is 22.9 Å². The Balaban J connectivity index is 0.000000199. The third-order valence-corrected chi connectivity index (χ3v) is 2.01. The van der Waals surface area contributed by atoms with Crippen LogP contribution in [0.25, 0.3) is 0 Å². The molecule has 0 bridgehead atoms. The SMILES string of the molecule is Cc1ccc(C(F)(F)F)cc1.Cc1noc(C)n1. The summed E-state index contributed by atoms with van der Waals surface area (Å²) in [5.74, 6) is 1.31. The van der Waals surface area contributed by atoms with Crippen molar-refractivity contribution in [1.29, 1.82) is 0 Å². The number of aryl methyl sites for hydroxylation is 3. The summed E-state index contributed by atoms with van der Waals surface area (Å²) in [5, 5.41) is 3.53. The van der Waals surface area contributed by atoms with E-state index in [0.29, 0.717) is 11.7 Å². The molecule has 0 saturated carbocycles. The number of hydrogen-bond donors (Lipinski definition) is 0. The highest BCUT2D eigenvalue weighted by Crippen LogP contribution is 2.28. The first-order valence-electron chi connectivity index (χ1n) is 5.20. The molecule has 6 heteroatoms. The van der Waals surface area contributed by atoms with Crippen molar-refractivity contribution in [2.45, 2.75) is 26.9 Å². The van der Waals surface area contributed by atoms with Gasteiger partial charge in [-0.05, 0) is 26.0 Å². The van der Waals surface area contributed by atoms with Crippen LogP contribution in [-0.2, 0) is 6.18 Å². The summed E-state index contributed by atoms with van der Waals surface area (Å²) in [4.78, 5) is 3.83. The molecule has 1 aromatic heterocycles. The lowest BCUT2D eigenvalue weighted by Crippen LogP contribution is -2.03. The normalized spacial score (nSPS) is 10.8. The quantitative estimate of drug-likeness (QED) is 0.723. The second-order valence-corrected chi connectivity index (χ2v) is 3.72. The highest BCUT2D eigenvalue weighted by Gasteiger charge is 2.29. The molecule has 1 aromatic carbocycles. The summed E-state index contributed by atoms with van der Waals surface area (Å²) in [7, 11) is 0. The molecular formula is C12H13F3N2O. The van der Waals surface area contributed by atoms with Crippen LogP contribution in [0.1, 0.15) is 22.8 Å². The Labute approximate surface area is 103 Å². The number of alkyl halides is 3. The van der Waals surface area contributed by atoms with Crippen LogP contribution < -0.4 is 0 Å². The van der Waals surface area contributed by atoms with E-state index in [0.717, 1.165) is 17.7 Å². The molecule has 0 atom stereocenters. The highest BCUT2D eigenvalue weighted by atomic mass is 19.4. The fourth-order valence-corrected chi connectivity index (χ4v) is 1.14. The fourth-order valence-electron chi connectivity index (χ4n) is 1.14. The number of nitrogens with zero attached hydrogens (tertiary/aromatic N) is 2. The fraction of sp³-hybridized carbons (Fsp3) is 0.333. The topological polar surface area (TPSA) is 38.9 Å². The Kier molecular flexibility index (Phi) is 4.47. The van der Waals surface area contributed by atoms with Crippen molar-refractivity contribution >= 4 is 0 Å². The number of benzene rings is 1. The molecule has 0 amide bonds. The minimum Gasteiger partial charge on any atom is -0.340 e. The van der Waals surface area contributed by atoms with E-state index >= 15 is 0 Å². The number of aromatic nitrogens is 2. The summed E-state index contributed by atoms with van der Waals surface area (Å²) >= 11 is 0. The van der Waals surface area contributed by atoms with Gasteiger partial charge in [0.05, 0.1) is 5.56 Å². The van der Waals surface area contributed by atoms with Crippen molar-refractivity contribution in [3.05, 3.63) is 47.1 Å². The molecule has 0 unspecified atom stereocenters. The zero-order valence-corrected chi connectivity index (χ0v) is 10.2. The van der Waals surface area contributed by atoms with E-state index in [2.05, 4.69) is 14.7 Å². The van der Waals surface area contributed by atoms with Gasteiger partial charge in [-0.15, -0.1) is 0 Å². The van der Waals surface area contributed by atoms with Crippen LogP contribution in [-0.4, -0.2) is 10.1 Å². The van der Waals surface area contributed by atoms with Gasteiger partial charge in [-0.25, -0.2) is 0 Å². The van der Waals surface area contributed by atoms with E-state index in [1.807, 2.05) is 0 Å². The van der Waals surface area contributed by atoms with Crippen LogP contribution in [0.3, 0.4) is 0 Å². The zero-order valence-electron chi connectivity index (χ0n) is 10.2. The zero-order chi connectivity index (χ0) is 13.8. The third kappa shape index (κ3) is 4.57. The highest BCUT2D eigenvalue weighted by molar-refractivity contribution is 5.23. The predicted octanol–water partition coefficient (Wildman–Crippen LogP) is 3.70. The van der Waals surface area contributed by atoms with Crippen molar-refractivity contribution < 1.29 is 17.7 Å². The first kappa shape index (κ1) is 14.2. The summed E-state index contributed by atoms with van der Waals surface area (Å²) in [5.41, 5.74) is 0.237. The Morgan fingerprint density at radius 1 is 1.00 bits per heavy atom. The maximum absolute atomic E-state index is 11.9. The second kappa shape index (κ2) is 5.66. The van der Waals surface area contributed by atoms with Crippen molar-refractivity contribution in [1.82, 2.24) is 10.1 Å². The van der Waals surface area contributed by atoms with Gasteiger partial charge in [0.1, 0.15) is 0 Å². The lowest BCUT2D eigenvalue weighted by Gasteiger charge is -2.05. The van der Waals surface area contributed by atoms with Gasteiger partial charge in [-0.3, -0.25) is 0 Å². The van der Waals surface area contributed by atoms with Gasteiger partial charge >= 0.3 is 6.18 Å². The second-order valence-electron chi connectivity index (χ2n) is 3.72. The van der Waals surface area contributed by atoms with Crippen LogP contribution >= 0.6 is 0 Å². The average Bonchev–Trinajstić information content (AvgIpc) is 2.62. The van der Waals surface area contributed by atoms with E-state index in [9.17, 15) is 13.2 Å².